The van der Waals surface area contributed by atoms with Crippen LogP contribution in [-0.2, 0) is 0 Å². The second-order valence-electron chi connectivity index (χ2n) is 50.1. The molecule has 0 N–H and O–H groups in total. The topological polar surface area (TPSA) is 13.0 Å². The molecule has 0 aromatic carbocycles. The molecule has 20 aliphatic carbocycles. The Balaban J connectivity index is 0.701. The van der Waals surface area contributed by atoms with E-state index in [1.165, 1.54) is 12.8 Å². The molecule has 115 heavy (non-hydrogen) atoms. The van der Waals surface area contributed by atoms with Crippen LogP contribution in [0.3, 0.4) is 0 Å². The molecule has 23 rings (SSSR count). The summed E-state index contributed by atoms with van der Waals surface area (Å²) in [4.78, 5) is 15.6. The van der Waals surface area contributed by atoms with Crippen LogP contribution in [0.2, 0.25) is 17.5 Å². The minimum absolute atomic E-state index is 0.792. The average Bonchev–Trinajstić information content (AvgIpc) is 0.875. The predicted molar refractivity (Wildman–Crippen MR) is 481 cm³/mol. The third-order valence-corrected chi connectivity index (χ3v) is 46.3. The minimum Gasteiger partial charge on any atom is -0.295 e. The van der Waals surface area contributed by atoms with E-state index >= 15 is 0 Å². The van der Waals surface area contributed by atoms with Crippen molar-refractivity contribution in [1.29, 1.82) is 0 Å². The number of hydrogen-bond acceptors (Lipinski definition) is 4. The van der Waals surface area contributed by atoms with Crippen molar-refractivity contribution in [2.24, 2.45) is 142 Å². The number of likely N-dealkylation sites (tertiary alicyclic amines) is 1. The zero-order chi connectivity index (χ0) is 75.6. The van der Waals surface area contributed by atoms with E-state index < -0.39 is 0 Å². The first-order valence-electron chi connectivity index (χ1n) is 56.2. The van der Waals surface area contributed by atoms with E-state index in [0.717, 1.165) is 239 Å². The van der Waals surface area contributed by atoms with Gasteiger partial charge in [-0.2, -0.15) is 0 Å². The molecule has 0 spiro atoms. The highest BCUT2D eigenvalue weighted by Gasteiger charge is 2.70. The molecule has 27 unspecified atom stereocenters. The van der Waals surface area contributed by atoms with Crippen LogP contribution in [0.25, 0.3) is 0 Å². The third kappa shape index (κ3) is 14.9. The van der Waals surface area contributed by atoms with Gasteiger partial charge in [0.15, 0.2) is 6.71 Å². The molecule has 20 saturated carbocycles. The van der Waals surface area contributed by atoms with E-state index in [2.05, 4.69) is 19.6 Å². The molecular weight excluding hydrogens is 1390 g/mol. The molecule has 23 aliphatic rings. The van der Waals surface area contributed by atoms with Crippen molar-refractivity contribution >= 4 is 6.71 Å². The second-order valence-corrected chi connectivity index (χ2v) is 50.1. The molecule has 5 heteroatoms. The van der Waals surface area contributed by atoms with Crippen LogP contribution in [0.1, 0.15) is 456 Å². The van der Waals surface area contributed by atoms with Crippen molar-refractivity contribution in [3.8, 4) is 0 Å². The zero-order valence-electron chi connectivity index (χ0n) is 75.1. The van der Waals surface area contributed by atoms with Crippen LogP contribution in [0, 0.1) is 142 Å². The Labute approximate surface area is 709 Å². The summed E-state index contributed by atoms with van der Waals surface area (Å²) in [6.45, 7) is 0.984. The highest BCUT2D eigenvalue weighted by molar-refractivity contribution is 6.65. The van der Waals surface area contributed by atoms with Gasteiger partial charge in [0, 0.05) is 72.5 Å². The monoisotopic (exact) mass is 1570 g/mol. The number of hydrogen-bond donors (Lipinski definition) is 0. The molecule has 27 atom stereocenters. The molecule has 3 heterocycles. The van der Waals surface area contributed by atoms with Gasteiger partial charge in [-0.25, -0.2) is 0 Å². The molecule has 0 radical (unpaired) electrons. The van der Waals surface area contributed by atoms with Crippen molar-refractivity contribution in [2.45, 2.75) is 546 Å². The first-order chi connectivity index (χ1) is 57.1. The largest absolute Gasteiger partial charge is 0.295 e. The SMILES string of the molecule is C1CCC(C2CCC(N(C3CCC(C4CCCCC4)CC3)C3CC4C5B(C6CC(C7CC8CCCC9C%10CCCC%11CCCC(C(C7)C89)C%11%10)CCC6N4C4C(C6CCCCC6)CCCC4C4CCCCC4)C4CCC(N6C7CCCCC7C7CCCCC76)CC4N(C4C(C6CCCCC6)CCCC4C4CCCCC4)C5C3)CC2)CC1. The summed E-state index contributed by atoms with van der Waals surface area (Å²) in [5, 5.41) is 0. The smallest absolute Gasteiger partial charge is 0.156 e. The number of fused-ring (bicyclic) bond motifs is 9. The summed E-state index contributed by atoms with van der Waals surface area (Å²) in [7, 11) is 0. The summed E-state index contributed by atoms with van der Waals surface area (Å²) in [5.41, 5.74) is 0. The Bertz CT molecular complexity index is 2980. The van der Waals surface area contributed by atoms with Gasteiger partial charge in [0.1, 0.15) is 0 Å². The van der Waals surface area contributed by atoms with Crippen molar-refractivity contribution in [3.63, 3.8) is 0 Å². The highest BCUT2D eigenvalue weighted by Crippen LogP contribution is 2.71. The lowest BCUT2D eigenvalue weighted by molar-refractivity contribution is -0.154. The Morgan fingerprint density at radius 2 is 0.539 bits per heavy atom. The zero-order valence-corrected chi connectivity index (χ0v) is 75.1. The highest BCUT2D eigenvalue weighted by atomic mass is 15.3. The van der Waals surface area contributed by atoms with Gasteiger partial charge >= 0.3 is 0 Å². The first-order valence-corrected chi connectivity index (χ1v) is 56.2. The van der Waals surface area contributed by atoms with Gasteiger partial charge in [0.05, 0.1) is 0 Å². The van der Waals surface area contributed by atoms with Crippen LogP contribution in [-0.4, -0.2) is 98.8 Å². The summed E-state index contributed by atoms with van der Waals surface area (Å²) < 4.78 is 0. The van der Waals surface area contributed by atoms with Gasteiger partial charge in [0.2, 0.25) is 0 Å². The van der Waals surface area contributed by atoms with Crippen LogP contribution in [0.5, 0.6) is 0 Å². The normalized spacial score (nSPS) is 50.6. The lowest BCUT2D eigenvalue weighted by atomic mass is 9.18. The van der Waals surface area contributed by atoms with Crippen LogP contribution in [0.4, 0.5) is 0 Å². The molecule has 4 nitrogen and oxygen atoms in total. The van der Waals surface area contributed by atoms with Crippen LogP contribution in [0.15, 0.2) is 0 Å². The maximum absolute atomic E-state index is 4.09. The van der Waals surface area contributed by atoms with E-state index in [-0.39, 0.29) is 0 Å². The van der Waals surface area contributed by atoms with Crippen molar-refractivity contribution in [3.05, 3.63) is 0 Å². The summed E-state index contributed by atoms with van der Waals surface area (Å²) in [6.07, 6.45) is 113. The Hall–Kier alpha value is -0.0951. The lowest BCUT2D eigenvalue weighted by Crippen LogP contribution is -2.78. The quantitative estimate of drug-likeness (QED) is 0.170. The molecular formula is C110H181BN4. The van der Waals surface area contributed by atoms with E-state index in [4.69, 9.17) is 0 Å². The van der Waals surface area contributed by atoms with Gasteiger partial charge < -0.3 is 0 Å². The van der Waals surface area contributed by atoms with Gasteiger partial charge in [0.25, 0.3) is 0 Å². The Morgan fingerprint density at radius 3 is 1.02 bits per heavy atom. The maximum atomic E-state index is 4.09. The molecule has 3 saturated heterocycles. The molecule has 644 valence electrons. The fraction of sp³-hybridized carbons (Fsp3) is 1.00. The predicted octanol–water partition coefficient (Wildman–Crippen LogP) is 29.0. The van der Waals surface area contributed by atoms with Crippen LogP contribution < -0.4 is 0 Å². The van der Waals surface area contributed by atoms with Gasteiger partial charge in [-0.1, -0.05) is 283 Å². The van der Waals surface area contributed by atoms with Crippen molar-refractivity contribution < 1.29 is 0 Å². The fourth-order valence-electron chi connectivity index (χ4n) is 42.7. The summed E-state index contributed by atoms with van der Waals surface area (Å²) in [6, 6.07) is 10.3. The first kappa shape index (κ1) is 79.5. The van der Waals surface area contributed by atoms with Crippen molar-refractivity contribution in [2.75, 3.05) is 0 Å². The molecule has 3 aliphatic heterocycles. The van der Waals surface area contributed by atoms with Gasteiger partial charge in [-0.3, -0.25) is 19.6 Å². The van der Waals surface area contributed by atoms with Gasteiger partial charge in [-0.05, 0) is 333 Å². The molecule has 0 bridgehead atoms. The van der Waals surface area contributed by atoms with E-state index in [0.29, 0.717) is 0 Å². The average molecular weight is 1570 g/mol. The molecule has 23 fully saturated rings. The number of nitrogens with zero attached hydrogens (tertiary/aromatic N) is 4. The molecule has 0 amide bonds. The number of rotatable bonds is 13. The van der Waals surface area contributed by atoms with Gasteiger partial charge in [-0.15, -0.1) is 0 Å². The Morgan fingerprint density at radius 1 is 0.174 bits per heavy atom. The van der Waals surface area contributed by atoms with E-state index in [9.17, 15) is 0 Å². The van der Waals surface area contributed by atoms with E-state index in [1.54, 1.807) is 443 Å². The maximum Gasteiger partial charge on any atom is 0.156 e. The lowest BCUT2D eigenvalue weighted by Gasteiger charge is -2.73. The summed E-state index contributed by atoms with van der Waals surface area (Å²) >= 11 is 0. The standard InChI is InChI=1S/C110H181BN4/c1-7-28-72(29-8-1)74-54-59-84(60-55-74)112(85-61-56-75(57-62-85)73-30-9-2-10-31-73)87-70-104-108-105(71-87)115(110-90(78-36-15-5-16-37-78)47-27-48-91(110)79-38-17-6-18-39-79)103-69-86(113-100-52-21-19-43-92(100)93-44-20-22-53-101(93)113)63-64-98(103)111(108)99-68-81(83-66-82-42-25-50-95-94-49-23-40-80-41-24-51-96(106(80)94)97(67-83)107(82)95)58-65-102(99)114(104)109-88(76-32-11-3-12-33-76)45-26-46-89(109)77-34-13-4-14-35-77/h72-110H,1-71H2. The summed E-state index contributed by atoms with van der Waals surface area (Å²) in [5.74, 6) is 27.9. The van der Waals surface area contributed by atoms with E-state index in [1.807, 2.05) is 0 Å². The molecule has 0 aromatic heterocycles. The fourth-order valence-corrected chi connectivity index (χ4v) is 42.7. The minimum atomic E-state index is 0.792. The van der Waals surface area contributed by atoms with Crippen LogP contribution >= 0.6 is 0 Å². The third-order valence-electron chi connectivity index (χ3n) is 46.3. The van der Waals surface area contributed by atoms with Crippen molar-refractivity contribution in [1.82, 2.24) is 19.6 Å². The Kier molecular flexibility index (Phi) is 24.4. The second kappa shape index (κ2) is 35.3. The molecule has 0 aromatic rings.